The molecule has 2 rings (SSSR count). The number of alkyl halides is 1. The second kappa shape index (κ2) is 6.16. The second-order valence-electron chi connectivity index (χ2n) is 4.26. The Morgan fingerprint density at radius 3 is 2.84 bits per heavy atom. The summed E-state index contributed by atoms with van der Waals surface area (Å²) in [7, 11) is 3.65. The highest BCUT2D eigenvalue weighted by molar-refractivity contribution is 6.16. The topological polar surface area (TPSA) is 56.1 Å². The normalized spacial score (nSPS) is 11.4. The number of ether oxygens (including phenoxy) is 1. The summed E-state index contributed by atoms with van der Waals surface area (Å²) in [4.78, 5) is 15.0. The van der Waals surface area contributed by atoms with E-state index >= 15 is 0 Å². The number of rotatable bonds is 6. The predicted molar refractivity (Wildman–Crippen MR) is 74.6 cm³/mol. The number of imidazole rings is 1. The molecule has 0 amide bonds. The number of halogens is 1. The van der Waals surface area contributed by atoms with E-state index < -0.39 is 0 Å². The molecule has 0 unspecified atom stereocenters. The molecule has 0 spiro atoms. The fourth-order valence-electron chi connectivity index (χ4n) is 1.88. The van der Waals surface area contributed by atoms with Gasteiger partial charge in [-0.3, -0.25) is 0 Å². The number of fused-ring (bicyclic) bond motifs is 1. The van der Waals surface area contributed by atoms with Crippen LogP contribution < -0.4 is 4.74 Å². The van der Waals surface area contributed by atoms with Gasteiger partial charge in [-0.25, -0.2) is 9.97 Å². The summed E-state index contributed by atoms with van der Waals surface area (Å²) in [6.07, 6.45) is 1.49. The van der Waals surface area contributed by atoms with Crippen molar-refractivity contribution in [3.05, 3.63) is 12.2 Å². The van der Waals surface area contributed by atoms with Crippen LogP contribution in [0.5, 0.6) is 5.88 Å². The fraction of sp³-hybridized carbons (Fsp3) is 0.583. The maximum Gasteiger partial charge on any atom is 0.245 e. The van der Waals surface area contributed by atoms with Gasteiger partial charge in [0.25, 0.3) is 0 Å². The zero-order valence-electron chi connectivity index (χ0n) is 11.4. The van der Waals surface area contributed by atoms with Gasteiger partial charge in [0.15, 0.2) is 11.2 Å². The standard InChI is InChI=1S/C12H18ClN5O/c1-4-17(2)5-6-18-9(7-13)16-10-11(18)14-8-15-12(10)19-3/h8H,4-7H2,1-3H3. The molecule has 104 valence electrons. The third kappa shape index (κ3) is 2.79. The molecule has 7 heteroatoms. The number of aromatic nitrogens is 4. The first kappa shape index (κ1) is 14.0. The van der Waals surface area contributed by atoms with Gasteiger partial charge in [-0.05, 0) is 13.6 Å². The molecular formula is C12H18ClN5O. The molecule has 2 heterocycles. The van der Waals surface area contributed by atoms with E-state index in [0.29, 0.717) is 17.3 Å². The van der Waals surface area contributed by atoms with E-state index in [1.54, 1.807) is 7.11 Å². The van der Waals surface area contributed by atoms with Gasteiger partial charge in [0.05, 0.1) is 13.0 Å². The molecule has 6 nitrogen and oxygen atoms in total. The lowest BCUT2D eigenvalue weighted by atomic mass is 10.5. The van der Waals surface area contributed by atoms with E-state index in [9.17, 15) is 0 Å². The highest BCUT2D eigenvalue weighted by atomic mass is 35.5. The zero-order chi connectivity index (χ0) is 13.8. The lowest BCUT2D eigenvalue weighted by Crippen LogP contribution is -2.23. The molecule has 0 aliphatic rings. The molecule has 0 aromatic carbocycles. The first-order chi connectivity index (χ1) is 9.21. The first-order valence-corrected chi connectivity index (χ1v) is 6.73. The smallest absolute Gasteiger partial charge is 0.245 e. The fourth-order valence-corrected chi connectivity index (χ4v) is 2.08. The van der Waals surface area contributed by atoms with E-state index in [0.717, 1.165) is 31.1 Å². The van der Waals surface area contributed by atoms with Crippen LogP contribution in [0.15, 0.2) is 6.33 Å². The van der Waals surface area contributed by atoms with Crippen molar-refractivity contribution in [1.82, 2.24) is 24.4 Å². The maximum absolute atomic E-state index is 5.96. The summed E-state index contributed by atoms with van der Waals surface area (Å²) in [5, 5.41) is 0. The SMILES string of the molecule is CCN(C)CCn1c(CCl)nc2c(OC)ncnc21. The minimum Gasteiger partial charge on any atom is -0.479 e. The highest BCUT2D eigenvalue weighted by Gasteiger charge is 2.15. The Kier molecular flexibility index (Phi) is 4.55. The molecule has 19 heavy (non-hydrogen) atoms. The van der Waals surface area contributed by atoms with Crippen molar-refractivity contribution in [1.29, 1.82) is 0 Å². The van der Waals surface area contributed by atoms with E-state index in [1.165, 1.54) is 6.33 Å². The van der Waals surface area contributed by atoms with Crippen LogP contribution in [-0.2, 0) is 12.4 Å². The zero-order valence-corrected chi connectivity index (χ0v) is 12.2. The van der Waals surface area contributed by atoms with Crippen LogP contribution in [0, 0.1) is 0 Å². The number of methoxy groups -OCH3 is 1. The molecule has 0 bridgehead atoms. The van der Waals surface area contributed by atoms with Crippen molar-refractivity contribution >= 4 is 22.8 Å². The summed E-state index contributed by atoms with van der Waals surface area (Å²) in [5.74, 6) is 1.62. The van der Waals surface area contributed by atoms with Crippen molar-refractivity contribution in [2.45, 2.75) is 19.3 Å². The third-order valence-electron chi connectivity index (χ3n) is 3.14. The average Bonchev–Trinajstić information content (AvgIpc) is 2.82. The van der Waals surface area contributed by atoms with E-state index in [1.807, 2.05) is 4.57 Å². The Morgan fingerprint density at radius 1 is 1.42 bits per heavy atom. The Hall–Kier alpha value is -1.40. The summed E-state index contributed by atoms with van der Waals surface area (Å²) in [6, 6.07) is 0. The molecule has 0 saturated heterocycles. The van der Waals surface area contributed by atoms with Crippen molar-refractivity contribution in [3.63, 3.8) is 0 Å². The van der Waals surface area contributed by atoms with Crippen LogP contribution >= 0.6 is 11.6 Å². The molecular weight excluding hydrogens is 266 g/mol. The van der Waals surface area contributed by atoms with E-state index in [2.05, 4.69) is 33.8 Å². The van der Waals surface area contributed by atoms with Gasteiger partial charge in [0, 0.05) is 13.1 Å². The van der Waals surface area contributed by atoms with Crippen molar-refractivity contribution < 1.29 is 4.74 Å². The molecule has 0 aliphatic carbocycles. The van der Waals surface area contributed by atoms with Crippen LogP contribution in [0.2, 0.25) is 0 Å². The summed E-state index contributed by atoms with van der Waals surface area (Å²) >= 11 is 5.96. The van der Waals surface area contributed by atoms with Gasteiger partial charge in [-0.2, -0.15) is 4.98 Å². The van der Waals surface area contributed by atoms with E-state index in [4.69, 9.17) is 16.3 Å². The van der Waals surface area contributed by atoms with Gasteiger partial charge in [-0.1, -0.05) is 6.92 Å². The van der Waals surface area contributed by atoms with Crippen LogP contribution in [-0.4, -0.2) is 51.7 Å². The minimum absolute atomic E-state index is 0.343. The number of hydrogen-bond acceptors (Lipinski definition) is 5. The number of nitrogens with zero attached hydrogens (tertiary/aromatic N) is 5. The monoisotopic (exact) mass is 283 g/mol. The van der Waals surface area contributed by atoms with Crippen LogP contribution in [0.3, 0.4) is 0 Å². The van der Waals surface area contributed by atoms with Crippen LogP contribution in [0.4, 0.5) is 0 Å². The molecule has 0 atom stereocenters. The van der Waals surface area contributed by atoms with Gasteiger partial charge in [-0.15, -0.1) is 11.6 Å². The Morgan fingerprint density at radius 2 is 2.21 bits per heavy atom. The largest absolute Gasteiger partial charge is 0.479 e. The quantitative estimate of drug-likeness (QED) is 0.753. The molecule has 0 fully saturated rings. The summed E-state index contributed by atoms with van der Waals surface area (Å²) < 4.78 is 7.23. The van der Waals surface area contributed by atoms with Gasteiger partial charge >= 0.3 is 0 Å². The Balaban J connectivity index is 2.40. The molecule has 0 radical (unpaired) electrons. The second-order valence-corrected chi connectivity index (χ2v) is 4.53. The molecule has 0 saturated carbocycles. The highest BCUT2D eigenvalue weighted by Crippen LogP contribution is 2.22. The van der Waals surface area contributed by atoms with Crippen molar-refractivity contribution in [2.75, 3.05) is 27.2 Å². The predicted octanol–water partition coefficient (Wildman–Crippen LogP) is 1.53. The molecule has 2 aromatic rings. The van der Waals surface area contributed by atoms with Crippen molar-refractivity contribution in [2.24, 2.45) is 0 Å². The Labute approximate surface area is 117 Å². The Bertz CT molecular complexity index is 556. The number of hydrogen-bond donors (Lipinski definition) is 0. The molecule has 0 N–H and O–H groups in total. The summed E-state index contributed by atoms with van der Waals surface area (Å²) in [5.41, 5.74) is 1.44. The van der Waals surface area contributed by atoms with Crippen molar-refractivity contribution in [3.8, 4) is 5.88 Å². The number of likely N-dealkylation sites (N-methyl/N-ethyl adjacent to an activating group) is 1. The van der Waals surface area contributed by atoms with Crippen LogP contribution in [0.1, 0.15) is 12.7 Å². The van der Waals surface area contributed by atoms with Gasteiger partial charge in [0.1, 0.15) is 12.2 Å². The van der Waals surface area contributed by atoms with Crippen LogP contribution in [0.25, 0.3) is 11.2 Å². The van der Waals surface area contributed by atoms with E-state index in [-0.39, 0.29) is 0 Å². The van der Waals surface area contributed by atoms with Gasteiger partial charge in [0.2, 0.25) is 5.88 Å². The summed E-state index contributed by atoms with van der Waals surface area (Å²) in [6.45, 7) is 4.84. The molecule has 0 aliphatic heterocycles. The average molecular weight is 284 g/mol. The first-order valence-electron chi connectivity index (χ1n) is 6.19. The molecule has 2 aromatic heterocycles. The lowest BCUT2D eigenvalue weighted by Gasteiger charge is -2.15. The third-order valence-corrected chi connectivity index (χ3v) is 3.37. The van der Waals surface area contributed by atoms with Gasteiger partial charge < -0.3 is 14.2 Å². The minimum atomic E-state index is 0.343. The maximum atomic E-state index is 5.96. The lowest BCUT2D eigenvalue weighted by molar-refractivity contribution is 0.335.